The summed E-state index contributed by atoms with van der Waals surface area (Å²) in [5, 5.41) is 22.6. The summed E-state index contributed by atoms with van der Waals surface area (Å²) in [6, 6.07) is 2.24. The van der Waals surface area contributed by atoms with Crippen molar-refractivity contribution in [2.75, 3.05) is 45.7 Å². The van der Waals surface area contributed by atoms with Crippen molar-refractivity contribution in [3.63, 3.8) is 0 Å². The Morgan fingerprint density at radius 2 is 2.24 bits per heavy atom. The summed E-state index contributed by atoms with van der Waals surface area (Å²) in [5.74, 6) is -1.27. The highest BCUT2D eigenvalue weighted by Gasteiger charge is 2.18. The fraction of sp³-hybridized carbons (Fsp3) is 0.500. The molecular weight excluding hydrogens is 280 g/mol. The Morgan fingerprint density at radius 1 is 1.52 bits per heavy atom. The molecule has 0 bridgehead atoms. The highest BCUT2D eigenvalue weighted by Crippen LogP contribution is 2.21. The van der Waals surface area contributed by atoms with Crippen molar-refractivity contribution in [1.82, 2.24) is 9.88 Å². The summed E-state index contributed by atoms with van der Waals surface area (Å²) in [4.78, 5) is 26.9. The Balaban J connectivity index is 2.69. The SMILES string of the molecule is COCCN(C)CCNc1nc(C(=O)O)ccc1[N+](=O)[O-]. The van der Waals surface area contributed by atoms with Crippen molar-refractivity contribution in [3.8, 4) is 0 Å². The molecule has 0 saturated heterocycles. The maximum atomic E-state index is 10.9. The Bertz CT molecular complexity index is 508. The van der Waals surface area contributed by atoms with E-state index < -0.39 is 10.9 Å². The van der Waals surface area contributed by atoms with Crippen molar-refractivity contribution in [2.24, 2.45) is 0 Å². The molecule has 2 N–H and O–H groups in total. The maximum absolute atomic E-state index is 10.9. The number of nitrogens with zero attached hydrogens (tertiary/aromatic N) is 3. The molecule has 21 heavy (non-hydrogen) atoms. The molecule has 9 heteroatoms. The van der Waals surface area contributed by atoms with E-state index in [0.717, 1.165) is 18.7 Å². The maximum Gasteiger partial charge on any atom is 0.354 e. The van der Waals surface area contributed by atoms with Crippen LogP contribution in [0.25, 0.3) is 0 Å². The van der Waals surface area contributed by atoms with Crippen LogP contribution in [0.1, 0.15) is 10.5 Å². The van der Waals surface area contributed by atoms with E-state index in [-0.39, 0.29) is 17.2 Å². The van der Waals surface area contributed by atoms with Crippen molar-refractivity contribution in [3.05, 3.63) is 27.9 Å². The van der Waals surface area contributed by atoms with Gasteiger partial charge in [0.25, 0.3) is 0 Å². The van der Waals surface area contributed by atoms with Gasteiger partial charge in [-0.15, -0.1) is 0 Å². The van der Waals surface area contributed by atoms with Gasteiger partial charge in [-0.1, -0.05) is 0 Å². The number of nitro groups is 1. The molecule has 0 aliphatic rings. The summed E-state index contributed by atoms with van der Waals surface area (Å²) in [6.45, 7) is 2.32. The van der Waals surface area contributed by atoms with E-state index in [9.17, 15) is 14.9 Å². The van der Waals surface area contributed by atoms with E-state index in [0.29, 0.717) is 19.7 Å². The number of aromatic nitrogens is 1. The number of hydrogen-bond acceptors (Lipinski definition) is 7. The quantitative estimate of drug-likeness (QED) is 0.504. The smallest absolute Gasteiger partial charge is 0.354 e. The number of nitrogens with one attached hydrogen (secondary N) is 1. The number of carboxylic acids is 1. The second-order valence-corrected chi connectivity index (χ2v) is 4.35. The first kappa shape index (κ1) is 16.8. The monoisotopic (exact) mass is 298 g/mol. The molecule has 0 aliphatic carbocycles. The first-order valence-electron chi connectivity index (χ1n) is 6.25. The molecule has 0 saturated carbocycles. The zero-order valence-electron chi connectivity index (χ0n) is 11.9. The number of pyridine rings is 1. The van der Waals surface area contributed by atoms with Crippen molar-refractivity contribution in [1.29, 1.82) is 0 Å². The van der Waals surface area contributed by atoms with Gasteiger partial charge in [-0.05, 0) is 13.1 Å². The van der Waals surface area contributed by atoms with Crippen LogP contribution < -0.4 is 5.32 Å². The van der Waals surface area contributed by atoms with Crippen molar-refractivity contribution < 1.29 is 19.6 Å². The third kappa shape index (κ3) is 5.32. The van der Waals surface area contributed by atoms with Crippen LogP contribution in [0.4, 0.5) is 11.5 Å². The molecule has 0 unspecified atom stereocenters. The summed E-state index contributed by atoms with van der Waals surface area (Å²) >= 11 is 0. The fourth-order valence-electron chi connectivity index (χ4n) is 1.57. The molecule has 0 aromatic carbocycles. The number of hydrogen-bond donors (Lipinski definition) is 2. The summed E-state index contributed by atoms with van der Waals surface area (Å²) in [6.07, 6.45) is 0. The first-order chi connectivity index (χ1) is 9.95. The molecule has 1 aromatic heterocycles. The minimum absolute atomic E-state index is 0.0416. The number of anilines is 1. The number of carboxylic acid groups (broad SMARTS) is 1. The van der Waals surface area contributed by atoms with E-state index in [1.165, 1.54) is 0 Å². The zero-order valence-corrected chi connectivity index (χ0v) is 11.9. The molecular formula is C12H18N4O5. The Labute approximate surface area is 121 Å². The van der Waals surface area contributed by atoms with Crippen LogP contribution in [0.2, 0.25) is 0 Å². The van der Waals surface area contributed by atoms with Crippen LogP contribution in [-0.2, 0) is 4.74 Å². The molecule has 0 spiro atoms. The van der Waals surface area contributed by atoms with Gasteiger partial charge in [0.1, 0.15) is 0 Å². The molecule has 0 radical (unpaired) electrons. The lowest BCUT2D eigenvalue weighted by Crippen LogP contribution is -2.28. The molecule has 0 amide bonds. The molecule has 1 heterocycles. The number of rotatable bonds is 9. The van der Waals surface area contributed by atoms with Crippen molar-refractivity contribution in [2.45, 2.75) is 0 Å². The lowest BCUT2D eigenvalue weighted by atomic mass is 10.3. The molecule has 0 fully saturated rings. The number of carbonyl (C=O) groups is 1. The Kier molecular flexibility index (Phi) is 6.50. The van der Waals surface area contributed by atoms with E-state index in [1.807, 2.05) is 11.9 Å². The normalized spacial score (nSPS) is 10.6. The predicted molar refractivity (Wildman–Crippen MR) is 75.7 cm³/mol. The highest BCUT2D eigenvalue weighted by atomic mass is 16.6. The molecule has 1 aromatic rings. The molecule has 116 valence electrons. The zero-order chi connectivity index (χ0) is 15.8. The number of methoxy groups -OCH3 is 1. The summed E-state index contributed by atoms with van der Waals surface area (Å²) in [5.41, 5.74) is -0.490. The van der Waals surface area contributed by atoms with Gasteiger partial charge in [-0.3, -0.25) is 10.1 Å². The van der Waals surface area contributed by atoms with Crippen LogP contribution in [0.3, 0.4) is 0 Å². The molecule has 9 nitrogen and oxygen atoms in total. The minimum atomic E-state index is -1.23. The van der Waals surface area contributed by atoms with Gasteiger partial charge in [0, 0.05) is 32.8 Å². The average Bonchev–Trinajstić information content (AvgIpc) is 2.44. The van der Waals surface area contributed by atoms with Gasteiger partial charge in [-0.25, -0.2) is 9.78 Å². The second kappa shape index (κ2) is 8.12. The van der Waals surface area contributed by atoms with Crippen LogP contribution in [0.15, 0.2) is 12.1 Å². The highest BCUT2D eigenvalue weighted by molar-refractivity contribution is 5.86. The van der Waals surface area contributed by atoms with E-state index in [1.54, 1.807) is 7.11 Å². The average molecular weight is 298 g/mol. The van der Waals surface area contributed by atoms with Gasteiger partial charge in [-0.2, -0.15) is 0 Å². The topological polar surface area (TPSA) is 118 Å². The van der Waals surface area contributed by atoms with E-state index >= 15 is 0 Å². The van der Waals surface area contributed by atoms with Gasteiger partial charge in [0.2, 0.25) is 5.82 Å². The number of aromatic carboxylic acids is 1. The predicted octanol–water partition coefficient (Wildman–Crippen LogP) is 0.678. The lowest BCUT2D eigenvalue weighted by molar-refractivity contribution is -0.384. The van der Waals surface area contributed by atoms with Gasteiger partial charge in [0.15, 0.2) is 5.69 Å². The lowest BCUT2D eigenvalue weighted by Gasteiger charge is -2.16. The van der Waals surface area contributed by atoms with E-state index in [4.69, 9.17) is 9.84 Å². The number of ether oxygens (including phenoxy) is 1. The van der Waals surface area contributed by atoms with Crippen LogP contribution in [-0.4, -0.2) is 66.3 Å². The largest absolute Gasteiger partial charge is 0.477 e. The fourth-order valence-corrected chi connectivity index (χ4v) is 1.57. The minimum Gasteiger partial charge on any atom is -0.477 e. The third-order valence-electron chi connectivity index (χ3n) is 2.75. The Hall–Kier alpha value is -2.26. The van der Waals surface area contributed by atoms with Gasteiger partial charge >= 0.3 is 11.7 Å². The second-order valence-electron chi connectivity index (χ2n) is 4.35. The first-order valence-corrected chi connectivity index (χ1v) is 6.25. The summed E-state index contributed by atoms with van der Waals surface area (Å²) < 4.78 is 4.94. The Morgan fingerprint density at radius 3 is 2.81 bits per heavy atom. The summed E-state index contributed by atoms with van der Waals surface area (Å²) in [7, 11) is 3.49. The van der Waals surface area contributed by atoms with Crippen LogP contribution in [0, 0.1) is 10.1 Å². The van der Waals surface area contributed by atoms with Gasteiger partial charge in [0.05, 0.1) is 11.5 Å². The molecule has 0 aliphatic heterocycles. The van der Waals surface area contributed by atoms with Crippen LogP contribution >= 0.6 is 0 Å². The number of likely N-dealkylation sites (N-methyl/N-ethyl adjacent to an activating group) is 1. The molecule has 1 rings (SSSR count). The van der Waals surface area contributed by atoms with Crippen molar-refractivity contribution >= 4 is 17.5 Å². The van der Waals surface area contributed by atoms with Crippen LogP contribution in [0.5, 0.6) is 0 Å². The molecule has 0 atom stereocenters. The van der Waals surface area contributed by atoms with Gasteiger partial charge < -0.3 is 20.1 Å². The standard InChI is InChI=1S/C12H18N4O5/c1-15(7-8-21-2)6-5-13-11-10(16(19)20)4-3-9(14-11)12(17)18/h3-4H,5-8H2,1-2H3,(H,13,14)(H,17,18). The van der Waals surface area contributed by atoms with E-state index in [2.05, 4.69) is 10.3 Å². The third-order valence-corrected chi connectivity index (χ3v) is 2.75.